The number of rotatable bonds is 3. The quantitative estimate of drug-likeness (QED) is 0.870. The van der Waals surface area contributed by atoms with Crippen molar-refractivity contribution >= 4 is 0 Å². The van der Waals surface area contributed by atoms with Crippen LogP contribution in [0.25, 0.3) is 0 Å². The van der Waals surface area contributed by atoms with Crippen molar-refractivity contribution in [2.45, 2.75) is 39.2 Å². The van der Waals surface area contributed by atoms with Crippen LogP contribution in [0.1, 0.15) is 31.7 Å². The van der Waals surface area contributed by atoms with E-state index in [9.17, 15) is 0 Å². The Morgan fingerprint density at radius 1 is 1.24 bits per heavy atom. The Bertz CT molecular complexity index is 346. The van der Waals surface area contributed by atoms with Gasteiger partial charge in [0, 0.05) is 5.92 Å². The Morgan fingerprint density at radius 2 is 1.94 bits per heavy atom. The van der Waals surface area contributed by atoms with Gasteiger partial charge in [-0.25, -0.2) is 0 Å². The zero-order valence-corrected chi connectivity index (χ0v) is 10.9. The van der Waals surface area contributed by atoms with E-state index >= 15 is 0 Å². The minimum atomic E-state index is 0.298. The highest BCUT2D eigenvalue weighted by Crippen LogP contribution is 2.31. The summed E-state index contributed by atoms with van der Waals surface area (Å²) in [5.41, 5.74) is 7.11. The zero-order chi connectivity index (χ0) is 12.3. The van der Waals surface area contributed by atoms with Crippen LogP contribution in [0.2, 0.25) is 0 Å². The Hall–Kier alpha value is -1.02. The maximum Gasteiger partial charge on any atom is 0.119 e. The fraction of sp³-hybridized carbons (Fsp3) is 0.600. The van der Waals surface area contributed by atoms with E-state index < -0.39 is 0 Å². The van der Waals surface area contributed by atoms with Gasteiger partial charge in [0.2, 0.25) is 0 Å². The molecular formula is C15H23NO. The lowest BCUT2D eigenvalue weighted by Gasteiger charge is -2.34. The molecule has 2 rings (SSSR count). The third-order valence-electron chi connectivity index (χ3n) is 3.80. The fourth-order valence-corrected chi connectivity index (χ4v) is 2.60. The third-order valence-corrected chi connectivity index (χ3v) is 3.80. The highest BCUT2D eigenvalue weighted by Gasteiger charge is 2.29. The van der Waals surface area contributed by atoms with Crippen molar-refractivity contribution in [2.75, 3.05) is 6.54 Å². The molecule has 0 bridgehead atoms. The summed E-state index contributed by atoms with van der Waals surface area (Å²) >= 11 is 0. The molecule has 0 aromatic heterocycles. The predicted molar refractivity (Wildman–Crippen MR) is 71.2 cm³/mol. The van der Waals surface area contributed by atoms with Crippen LogP contribution < -0.4 is 10.5 Å². The van der Waals surface area contributed by atoms with Gasteiger partial charge in [-0.1, -0.05) is 31.0 Å². The molecule has 0 saturated heterocycles. The van der Waals surface area contributed by atoms with Crippen molar-refractivity contribution in [3.05, 3.63) is 29.8 Å². The van der Waals surface area contributed by atoms with Crippen molar-refractivity contribution in [1.29, 1.82) is 0 Å². The Labute approximate surface area is 104 Å². The summed E-state index contributed by atoms with van der Waals surface area (Å²) in [6.45, 7) is 5.14. The largest absolute Gasteiger partial charge is 0.490 e. The van der Waals surface area contributed by atoms with E-state index in [1.165, 1.54) is 18.4 Å². The third kappa shape index (κ3) is 3.22. The van der Waals surface area contributed by atoms with Crippen molar-refractivity contribution in [3.63, 3.8) is 0 Å². The molecule has 2 heteroatoms. The van der Waals surface area contributed by atoms with Gasteiger partial charge in [-0.05, 0) is 44.4 Å². The summed E-state index contributed by atoms with van der Waals surface area (Å²) in [5.74, 6) is 2.26. The summed E-state index contributed by atoms with van der Waals surface area (Å²) in [6, 6.07) is 8.31. The van der Waals surface area contributed by atoms with E-state index in [0.29, 0.717) is 12.0 Å². The van der Waals surface area contributed by atoms with Gasteiger partial charge in [0.1, 0.15) is 11.9 Å². The van der Waals surface area contributed by atoms with Gasteiger partial charge in [-0.15, -0.1) is 0 Å². The molecule has 0 spiro atoms. The van der Waals surface area contributed by atoms with Gasteiger partial charge < -0.3 is 10.5 Å². The van der Waals surface area contributed by atoms with E-state index in [1.54, 1.807) is 0 Å². The van der Waals surface area contributed by atoms with Crippen LogP contribution >= 0.6 is 0 Å². The molecule has 0 amide bonds. The lowest BCUT2D eigenvalue weighted by molar-refractivity contribution is 0.0742. The molecule has 0 aliphatic heterocycles. The van der Waals surface area contributed by atoms with Gasteiger partial charge in [-0.3, -0.25) is 0 Å². The first kappa shape index (κ1) is 12.4. The summed E-state index contributed by atoms with van der Waals surface area (Å²) in [4.78, 5) is 0. The van der Waals surface area contributed by atoms with Crippen LogP contribution in [0.4, 0.5) is 0 Å². The highest BCUT2D eigenvalue weighted by molar-refractivity contribution is 5.26. The molecule has 1 aliphatic rings. The van der Waals surface area contributed by atoms with Gasteiger partial charge in [0.15, 0.2) is 0 Å². The lowest BCUT2D eigenvalue weighted by Crippen LogP contribution is -2.37. The minimum Gasteiger partial charge on any atom is -0.490 e. The molecule has 1 saturated carbocycles. The summed E-state index contributed by atoms with van der Waals surface area (Å²) < 4.78 is 6.10. The van der Waals surface area contributed by atoms with E-state index in [2.05, 4.69) is 38.1 Å². The number of ether oxygens (including phenoxy) is 1. The highest BCUT2D eigenvalue weighted by atomic mass is 16.5. The summed E-state index contributed by atoms with van der Waals surface area (Å²) in [5, 5.41) is 0. The SMILES string of the molecule is Cc1ccc(OC2CC(C)CCC2CN)cc1. The molecule has 0 radical (unpaired) electrons. The van der Waals surface area contributed by atoms with Gasteiger partial charge in [0.25, 0.3) is 0 Å². The normalized spacial score (nSPS) is 29.0. The molecule has 1 aromatic carbocycles. The molecule has 1 aliphatic carbocycles. The lowest BCUT2D eigenvalue weighted by atomic mass is 9.80. The molecule has 94 valence electrons. The summed E-state index contributed by atoms with van der Waals surface area (Å²) in [7, 11) is 0. The number of benzene rings is 1. The molecule has 1 fully saturated rings. The van der Waals surface area contributed by atoms with Crippen molar-refractivity contribution in [1.82, 2.24) is 0 Å². The van der Waals surface area contributed by atoms with Crippen molar-refractivity contribution in [3.8, 4) is 5.75 Å². The molecule has 1 aromatic rings. The maximum atomic E-state index is 6.10. The molecular weight excluding hydrogens is 210 g/mol. The van der Waals surface area contributed by atoms with Crippen LogP contribution in [-0.4, -0.2) is 12.6 Å². The van der Waals surface area contributed by atoms with E-state index in [4.69, 9.17) is 10.5 Å². The minimum absolute atomic E-state index is 0.298. The average molecular weight is 233 g/mol. The monoisotopic (exact) mass is 233 g/mol. The second-order valence-corrected chi connectivity index (χ2v) is 5.38. The second-order valence-electron chi connectivity index (χ2n) is 5.38. The molecule has 3 atom stereocenters. The van der Waals surface area contributed by atoms with Crippen LogP contribution in [0.3, 0.4) is 0 Å². The van der Waals surface area contributed by atoms with Gasteiger partial charge >= 0.3 is 0 Å². The fourth-order valence-electron chi connectivity index (χ4n) is 2.60. The molecule has 3 unspecified atom stereocenters. The van der Waals surface area contributed by atoms with E-state index in [1.807, 2.05) is 0 Å². The Morgan fingerprint density at radius 3 is 2.59 bits per heavy atom. The average Bonchev–Trinajstić information content (AvgIpc) is 2.32. The number of nitrogens with two attached hydrogens (primary N) is 1. The van der Waals surface area contributed by atoms with Crippen molar-refractivity contribution in [2.24, 2.45) is 17.6 Å². The molecule has 0 heterocycles. The predicted octanol–water partition coefficient (Wildman–Crippen LogP) is 3.14. The number of aryl methyl sites for hydroxylation is 1. The van der Waals surface area contributed by atoms with Crippen molar-refractivity contribution < 1.29 is 4.74 Å². The maximum absolute atomic E-state index is 6.10. The first-order valence-electron chi connectivity index (χ1n) is 6.62. The summed E-state index contributed by atoms with van der Waals surface area (Å²) in [6.07, 6.45) is 3.92. The van der Waals surface area contributed by atoms with E-state index in [0.717, 1.165) is 24.6 Å². The van der Waals surface area contributed by atoms with Gasteiger partial charge in [-0.2, -0.15) is 0 Å². The molecule has 2 nitrogen and oxygen atoms in total. The van der Waals surface area contributed by atoms with Gasteiger partial charge in [0.05, 0.1) is 0 Å². The zero-order valence-electron chi connectivity index (χ0n) is 10.9. The topological polar surface area (TPSA) is 35.2 Å². The Balaban J connectivity index is 2.02. The van der Waals surface area contributed by atoms with E-state index in [-0.39, 0.29) is 0 Å². The van der Waals surface area contributed by atoms with Crippen LogP contribution in [0, 0.1) is 18.8 Å². The smallest absolute Gasteiger partial charge is 0.119 e. The molecule has 17 heavy (non-hydrogen) atoms. The Kier molecular flexibility index (Phi) is 4.06. The first-order valence-corrected chi connectivity index (χ1v) is 6.62. The van der Waals surface area contributed by atoms with Crippen LogP contribution in [0.15, 0.2) is 24.3 Å². The second kappa shape index (κ2) is 5.54. The molecule has 2 N–H and O–H groups in total. The number of hydrogen-bond acceptors (Lipinski definition) is 2. The van der Waals surface area contributed by atoms with Crippen LogP contribution in [-0.2, 0) is 0 Å². The standard InChI is InChI=1S/C15H23NO/c1-11-4-7-14(8-5-11)17-15-9-12(2)3-6-13(15)10-16/h4-5,7-8,12-13,15H,3,6,9-10,16H2,1-2H3. The van der Waals surface area contributed by atoms with Crippen LogP contribution in [0.5, 0.6) is 5.75 Å². The first-order chi connectivity index (χ1) is 8.19. The number of hydrogen-bond donors (Lipinski definition) is 1.